The molecule has 0 heterocycles. The quantitative estimate of drug-likeness (QED) is 0.870. The Labute approximate surface area is 124 Å². The Morgan fingerprint density at radius 2 is 1.80 bits per heavy atom. The number of benzene rings is 2. The lowest BCUT2D eigenvalue weighted by atomic mass is 10.0. The van der Waals surface area contributed by atoms with Crippen LogP contribution in [0.1, 0.15) is 30.9 Å². The molecule has 3 heteroatoms. The van der Waals surface area contributed by atoms with Crippen LogP contribution in [-0.2, 0) is 6.42 Å². The van der Waals surface area contributed by atoms with Crippen molar-refractivity contribution in [1.82, 2.24) is 0 Å². The van der Waals surface area contributed by atoms with E-state index in [-0.39, 0.29) is 5.82 Å². The number of hydrogen-bond acceptors (Lipinski definition) is 2. The fraction of sp³-hybridized carbons (Fsp3) is 0.294. The van der Waals surface area contributed by atoms with Gasteiger partial charge in [0.1, 0.15) is 5.82 Å². The summed E-state index contributed by atoms with van der Waals surface area (Å²) < 4.78 is 13.3. The van der Waals surface area contributed by atoms with Crippen LogP contribution in [0.4, 0.5) is 4.39 Å². The van der Waals surface area contributed by atoms with Crippen molar-refractivity contribution in [1.29, 1.82) is 0 Å². The van der Waals surface area contributed by atoms with Crippen LogP contribution < -0.4 is 5.73 Å². The summed E-state index contributed by atoms with van der Waals surface area (Å²) in [5.41, 5.74) is 7.90. The number of halogens is 1. The predicted molar refractivity (Wildman–Crippen MR) is 83.8 cm³/mol. The Morgan fingerprint density at radius 3 is 2.40 bits per heavy atom. The van der Waals surface area contributed by atoms with Crippen molar-refractivity contribution >= 4 is 11.8 Å². The normalized spacial score (nSPS) is 11.1. The Kier molecular flexibility index (Phi) is 5.21. The first kappa shape index (κ1) is 15.1. The topological polar surface area (TPSA) is 26.0 Å². The average Bonchev–Trinajstić information content (AvgIpc) is 2.43. The highest BCUT2D eigenvalue weighted by Crippen LogP contribution is 2.32. The van der Waals surface area contributed by atoms with Crippen molar-refractivity contribution in [3.8, 4) is 0 Å². The van der Waals surface area contributed by atoms with Gasteiger partial charge in [-0.2, -0.15) is 0 Å². The molecule has 2 aromatic rings. The third-order valence-electron chi connectivity index (χ3n) is 3.21. The molecular weight excluding hydrogens is 269 g/mol. The second-order valence-corrected chi connectivity index (χ2v) is 6.23. The second-order valence-electron chi connectivity index (χ2n) is 5.12. The van der Waals surface area contributed by atoms with Gasteiger partial charge in [-0.1, -0.05) is 37.7 Å². The smallest absolute Gasteiger partial charge is 0.123 e. The molecule has 1 nitrogen and oxygen atoms in total. The van der Waals surface area contributed by atoms with E-state index in [4.69, 9.17) is 5.73 Å². The molecule has 2 rings (SSSR count). The van der Waals surface area contributed by atoms with Crippen LogP contribution in [0.15, 0.2) is 52.3 Å². The molecule has 0 saturated heterocycles. The molecule has 20 heavy (non-hydrogen) atoms. The Hall–Kier alpha value is -1.32. The Bertz CT molecular complexity index is 564. The van der Waals surface area contributed by atoms with Gasteiger partial charge in [-0.25, -0.2) is 4.39 Å². The van der Waals surface area contributed by atoms with E-state index in [9.17, 15) is 4.39 Å². The maximum atomic E-state index is 13.3. The van der Waals surface area contributed by atoms with Crippen LogP contribution in [0.25, 0.3) is 0 Å². The summed E-state index contributed by atoms with van der Waals surface area (Å²) in [6, 6.07) is 13.5. The molecule has 106 valence electrons. The van der Waals surface area contributed by atoms with E-state index in [1.807, 2.05) is 6.07 Å². The van der Waals surface area contributed by atoms with Crippen LogP contribution in [-0.4, -0.2) is 6.54 Å². The maximum Gasteiger partial charge on any atom is 0.123 e. The van der Waals surface area contributed by atoms with Gasteiger partial charge in [0, 0.05) is 9.79 Å². The monoisotopic (exact) mass is 289 g/mol. The summed E-state index contributed by atoms with van der Waals surface area (Å²) in [6.45, 7) is 4.90. The van der Waals surface area contributed by atoms with E-state index in [2.05, 4.69) is 38.1 Å². The molecule has 0 fully saturated rings. The van der Waals surface area contributed by atoms with Crippen LogP contribution in [0, 0.1) is 5.82 Å². The van der Waals surface area contributed by atoms with Crippen molar-refractivity contribution in [3.63, 3.8) is 0 Å². The lowest BCUT2D eigenvalue weighted by Gasteiger charge is -2.10. The Morgan fingerprint density at radius 1 is 1.10 bits per heavy atom. The molecule has 2 aromatic carbocycles. The van der Waals surface area contributed by atoms with Gasteiger partial charge in [-0.3, -0.25) is 0 Å². The average molecular weight is 289 g/mol. The van der Waals surface area contributed by atoms with E-state index in [1.54, 1.807) is 17.8 Å². The molecule has 0 aliphatic carbocycles. The van der Waals surface area contributed by atoms with E-state index in [0.717, 1.165) is 10.5 Å². The summed E-state index contributed by atoms with van der Waals surface area (Å²) >= 11 is 1.66. The molecule has 0 unspecified atom stereocenters. The van der Waals surface area contributed by atoms with Crippen LogP contribution >= 0.6 is 11.8 Å². The van der Waals surface area contributed by atoms with Crippen molar-refractivity contribution in [2.24, 2.45) is 5.73 Å². The lowest BCUT2D eigenvalue weighted by Crippen LogP contribution is -2.04. The minimum atomic E-state index is -0.201. The van der Waals surface area contributed by atoms with Gasteiger partial charge < -0.3 is 5.73 Å². The summed E-state index contributed by atoms with van der Waals surface area (Å²) in [6.07, 6.45) is 0.699. The van der Waals surface area contributed by atoms with Crippen molar-refractivity contribution in [2.75, 3.05) is 6.54 Å². The fourth-order valence-electron chi connectivity index (χ4n) is 2.05. The third kappa shape index (κ3) is 3.84. The molecule has 0 amide bonds. The van der Waals surface area contributed by atoms with E-state index in [1.165, 1.54) is 16.5 Å². The molecular formula is C17H20FNS. The molecule has 0 bridgehead atoms. The minimum absolute atomic E-state index is 0.201. The van der Waals surface area contributed by atoms with Gasteiger partial charge in [0.05, 0.1) is 0 Å². The molecule has 0 atom stereocenters. The number of hydrogen-bond donors (Lipinski definition) is 1. The summed E-state index contributed by atoms with van der Waals surface area (Å²) in [4.78, 5) is 2.24. The zero-order valence-electron chi connectivity index (χ0n) is 11.9. The first-order valence-corrected chi connectivity index (χ1v) is 7.68. The predicted octanol–water partition coefficient (Wildman–Crippen LogP) is 4.60. The first-order chi connectivity index (χ1) is 9.60. The van der Waals surface area contributed by atoms with Gasteiger partial charge in [0.25, 0.3) is 0 Å². The SMILES string of the molecule is CC(C)c1ccc(Sc2ccc(F)cc2CCN)cc1. The van der Waals surface area contributed by atoms with E-state index < -0.39 is 0 Å². The van der Waals surface area contributed by atoms with E-state index in [0.29, 0.717) is 18.9 Å². The molecule has 0 spiro atoms. The van der Waals surface area contributed by atoms with E-state index >= 15 is 0 Å². The zero-order chi connectivity index (χ0) is 14.5. The van der Waals surface area contributed by atoms with Crippen LogP contribution in [0.2, 0.25) is 0 Å². The van der Waals surface area contributed by atoms with Crippen LogP contribution in [0.3, 0.4) is 0 Å². The van der Waals surface area contributed by atoms with Gasteiger partial charge >= 0.3 is 0 Å². The minimum Gasteiger partial charge on any atom is -0.330 e. The number of rotatable bonds is 5. The molecule has 0 aliphatic heterocycles. The summed E-state index contributed by atoms with van der Waals surface area (Å²) in [5.74, 6) is 0.334. The maximum absolute atomic E-state index is 13.3. The largest absolute Gasteiger partial charge is 0.330 e. The summed E-state index contributed by atoms with van der Waals surface area (Å²) in [5, 5.41) is 0. The van der Waals surface area contributed by atoms with Gasteiger partial charge in [-0.15, -0.1) is 0 Å². The summed E-state index contributed by atoms with van der Waals surface area (Å²) in [7, 11) is 0. The number of nitrogens with two attached hydrogens (primary N) is 1. The van der Waals surface area contributed by atoms with Crippen molar-refractivity contribution < 1.29 is 4.39 Å². The molecule has 2 N–H and O–H groups in total. The highest BCUT2D eigenvalue weighted by molar-refractivity contribution is 7.99. The molecule has 0 aromatic heterocycles. The van der Waals surface area contributed by atoms with Crippen molar-refractivity contribution in [3.05, 3.63) is 59.4 Å². The standard InChI is InChI=1S/C17H20FNS/c1-12(2)13-3-6-16(7-4-13)20-17-8-5-15(18)11-14(17)9-10-19/h3-8,11-12H,9-10,19H2,1-2H3. The second kappa shape index (κ2) is 6.91. The molecule has 0 radical (unpaired) electrons. The Balaban J connectivity index is 2.20. The fourth-order valence-corrected chi connectivity index (χ4v) is 3.00. The highest BCUT2D eigenvalue weighted by Gasteiger charge is 2.06. The van der Waals surface area contributed by atoms with Crippen molar-refractivity contribution in [2.45, 2.75) is 36.0 Å². The zero-order valence-corrected chi connectivity index (χ0v) is 12.7. The lowest BCUT2D eigenvalue weighted by molar-refractivity contribution is 0.623. The first-order valence-electron chi connectivity index (χ1n) is 6.86. The highest BCUT2D eigenvalue weighted by atomic mass is 32.2. The third-order valence-corrected chi connectivity index (χ3v) is 4.34. The molecule has 0 aliphatic rings. The van der Waals surface area contributed by atoms with Gasteiger partial charge in [0.15, 0.2) is 0 Å². The van der Waals surface area contributed by atoms with Gasteiger partial charge in [0.2, 0.25) is 0 Å². The van der Waals surface area contributed by atoms with Gasteiger partial charge in [-0.05, 0) is 60.3 Å². The van der Waals surface area contributed by atoms with Crippen LogP contribution in [0.5, 0.6) is 0 Å². The molecule has 0 saturated carbocycles.